The van der Waals surface area contributed by atoms with Crippen LogP contribution in [0.25, 0.3) is 0 Å². The zero-order valence-corrected chi connectivity index (χ0v) is 18.3. The van der Waals surface area contributed by atoms with Crippen molar-refractivity contribution in [1.29, 1.82) is 0 Å². The average molecular weight is 486 g/mol. The number of aliphatic hydroxyl groups excluding tert-OH is 1. The van der Waals surface area contributed by atoms with Gasteiger partial charge in [0.1, 0.15) is 29.5 Å². The normalized spacial score (nSPS) is 20.9. The number of rotatable bonds is 9. The first-order valence-corrected chi connectivity index (χ1v) is 11.6. The molecule has 2 atom stereocenters. The molecule has 0 spiro atoms. The monoisotopic (exact) mass is 486 g/mol. The number of hydroxylamine groups is 1. The van der Waals surface area contributed by atoms with Crippen LogP contribution in [0.2, 0.25) is 0 Å². The summed E-state index contributed by atoms with van der Waals surface area (Å²) in [5.41, 5.74) is -0.123. The van der Waals surface area contributed by atoms with Gasteiger partial charge in [0, 0.05) is 18.2 Å². The van der Waals surface area contributed by atoms with E-state index in [9.17, 15) is 22.0 Å². The Kier molecular flexibility index (Phi) is 7.97. The Bertz CT molecular complexity index is 1070. The number of carbonyl (C=O) groups is 1. The molecule has 0 bridgehead atoms. The highest BCUT2D eigenvalue weighted by atomic mass is 32.2. The maximum atomic E-state index is 13.7. The van der Waals surface area contributed by atoms with Crippen molar-refractivity contribution in [1.82, 2.24) is 10.2 Å². The lowest BCUT2D eigenvalue weighted by molar-refractivity contribution is -0.144. The van der Waals surface area contributed by atoms with E-state index in [1.807, 2.05) is 0 Å². The summed E-state index contributed by atoms with van der Waals surface area (Å²) in [5.74, 6) is -2.19. The summed E-state index contributed by atoms with van der Waals surface area (Å²) in [7, 11) is -4.21. The van der Waals surface area contributed by atoms with Gasteiger partial charge in [-0.3, -0.25) is 10.0 Å². The highest BCUT2D eigenvalue weighted by Gasteiger charge is 2.46. The van der Waals surface area contributed by atoms with Crippen molar-refractivity contribution in [2.24, 2.45) is 0 Å². The van der Waals surface area contributed by atoms with Gasteiger partial charge in [0.15, 0.2) is 0 Å². The van der Waals surface area contributed by atoms with Crippen LogP contribution in [0.5, 0.6) is 5.75 Å². The van der Waals surface area contributed by atoms with Gasteiger partial charge in [0.2, 0.25) is 10.0 Å². The molecule has 2 aromatic rings. The second kappa shape index (κ2) is 10.5. The molecule has 33 heavy (non-hydrogen) atoms. The molecule has 1 aliphatic heterocycles. The van der Waals surface area contributed by atoms with Crippen LogP contribution >= 0.6 is 0 Å². The summed E-state index contributed by atoms with van der Waals surface area (Å²) in [6, 6.07) is 8.26. The molecule has 0 radical (unpaired) electrons. The Balaban J connectivity index is 1.70. The lowest BCUT2D eigenvalue weighted by atomic mass is 9.89. The van der Waals surface area contributed by atoms with Crippen LogP contribution in [-0.2, 0) is 26.2 Å². The van der Waals surface area contributed by atoms with Gasteiger partial charge < -0.3 is 14.6 Å². The van der Waals surface area contributed by atoms with Crippen molar-refractivity contribution in [2.45, 2.75) is 42.4 Å². The maximum Gasteiger partial charge on any atom is 0.267 e. The molecular weight excluding hydrogens is 462 g/mol. The second-order valence-electron chi connectivity index (χ2n) is 7.61. The van der Waals surface area contributed by atoms with Crippen molar-refractivity contribution in [3.05, 3.63) is 59.7 Å². The summed E-state index contributed by atoms with van der Waals surface area (Å²) in [4.78, 5) is 12.1. The topological polar surface area (TPSA) is 134 Å². The summed E-state index contributed by atoms with van der Waals surface area (Å²) in [6.07, 6.45) is 0.352. The van der Waals surface area contributed by atoms with Gasteiger partial charge >= 0.3 is 0 Å². The molecule has 9 nitrogen and oxygen atoms in total. The Morgan fingerprint density at radius 2 is 1.94 bits per heavy atom. The summed E-state index contributed by atoms with van der Waals surface area (Å²) in [6.45, 7) is -0.631. The zero-order valence-electron chi connectivity index (χ0n) is 17.5. The van der Waals surface area contributed by atoms with Gasteiger partial charge in [-0.1, -0.05) is 0 Å². The van der Waals surface area contributed by atoms with Crippen LogP contribution in [-0.4, -0.2) is 49.5 Å². The number of hydrogen-bond acceptors (Lipinski definition) is 7. The highest BCUT2D eigenvalue weighted by molar-refractivity contribution is 7.89. The molecule has 1 fully saturated rings. The predicted octanol–water partition coefficient (Wildman–Crippen LogP) is 1.63. The van der Waals surface area contributed by atoms with E-state index >= 15 is 0 Å². The fourth-order valence-electron chi connectivity index (χ4n) is 3.44. The fraction of sp³-hybridized carbons (Fsp3) is 0.381. The standard InChI is InChI=1S/C21H24F2N2O7S/c22-15-2-1-14(19(23)11-15)12-31-16-3-5-18(6-4-16)33(29,30)25-21(20(27)24-28)9-7-17(8-10-26)32-13-21/h1-6,11,17,25-26,28H,7-10,12-13H2,(H,24,27). The molecule has 0 saturated carbocycles. The van der Waals surface area contributed by atoms with Gasteiger partial charge in [-0.25, -0.2) is 22.7 Å². The third kappa shape index (κ3) is 6.03. The molecule has 1 saturated heterocycles. The minimum absolute atomic E-state index is 0.0493. The molecule has 12 heteroatoms. The molecule has 0 aliphatic carbocycles. The number of aliphatic hydroxyl groups is 1. The minimum atomic E-state index is -4.21. The van der Waals surface area contributed by atoms with Crippen LogP contribution in [0.15, 0.2) is 47.4 Å². The van der Waals surface area contributed by atoms with Gasteiger partial charge in [0.25, 0.3) is 5.91 Å². The first-order valence-electron chi connectivity index (χ1n) is 10.1. The van der Waals surface area contributed by atoms with E-state index in [4.69, 9.17) is 19.8 Å². The fourth-order valence-corrected chi connectivity index (χ4v) is 4.82. The van der Waals surface area contributed by atoms with E-state index in [0.717, 1.165) is 12.1 Å². The Morgan fingerprint density at radius 1 is 1.21 bits per heavy atom. The smallest absolute Gasteiger partial charge is 0.267 e. The van der Waals surface area contributed by atoms with E-state index in [2.05, 4.69) is 4.72 Å². The number of sulfonamides is 1. The Labute approximate surface area is 189 Å². The van der Waals surface area contributed by atoms with E-state index in [-0.39, 0.29) is 48.6 Å². The first-order chi connectivity index (χ1) is 15.7. The minimum Gasteiger partial charge on any atom is -0.489 e. The third-order valence-corrected chi connectivity index (χ3v) is 6.87. The molecular formula is C21H24F2N2O7S. The number of hydrogen-bond donors (Lipinski definition) is 4. The van der Waals surface area contributed by atoms with Crippen LogP contribution in [0.3, 0.4) is 0 Å². The molecule has 180 valence electrons. The lowest BCUT2D eigenvalue weighted by Gasteiger charge is -2.38. The van der Waals surface area contributed by atoms with Crippen LogP contribution in [0, 0.1) is 11.6 Å². The lowest BCUT2D eigenvalue weighted by Crippen LogP contribution is -2.63. The number of nitrogens with one attached hydrogen (secondary N) is 2. The number of amides is 1. The molecule has 2 unspecified atom stereocenters. The van der Waals surface area contributed by atoms with Crippen molar-refractivity contribution in [3.8, 4) is 5.75 Å². The third-order valence-electron chi connectivity index (χ3n) is 5.32. The largest absolute Gasteiger partial charge is 0.489 e. The van der Waals surface area contributed by atoms with Crippen molar-refractivity contribution >= 4 is 15.9 Å². The Morgan fingerprint density at radius 3 is 2.52 bits per heavy atom. The van der Waals surface area contributed by atoms with Crippen molar-refractivity contribution < 1.29 is 41.8 Å². The van der Waals surface area contributed by atoms with Crippen LogP contribution < -0.4 is 14.9 Å². The maximum absolute atomic E-state index is 13.7. The number of halogens is 2. The summed E-state index contributed by atoms with van der Waals surface area (Å²) < 4.78 is 65.8. The van der Waals surface area contributed by atoms with Crippen molar-refractivity contribution in [2.75, 3.05) is 13.2 Å². The summed E-state index contributed by atoms with van der Waals surface area (Å²) in [5, 5.41) is 18.2. The molecule has 1 aliphatic rings. The van der Waals surface area contributed by atoms with Gasteiger partial charge in [-0.05, 0) is 55.7 Å². The van der Waals surface area contributed by atoms with Crippen molar-refractivity contribution in [3.63, 3.8) is 0 Å². The molecule has 3 rings (SSSR count). The first kappa shape index (κ1) is 25.0. The van der Waals surface area contributed by atoms with E-state index in [0.29, 0.717) is 12.8 Å². The van der Waals surface area contributed by atoms with E-state index in [1.165, 1.54) is 35.8 Å². The number of carbonyl (C=O) groups excluding carboxylic acids is 1. The average Bonchev–Trinajstić information content (AvgIpc) is 2.79. The second-order valence-corrected chi connectivity index (χ2v) is 9.29. The van der Waals surface area contributed by atoms with Gasteiger partial charge in [-0.15, -0.1) is 0 Å². The highest BCUT2D eigenvalue weighted by Crippen LogP contribution is 2.28. The van der Waals surface area contributed by atoms with E-state index in [1.54, 1.807) is 0 Å². The van der Waals surface area contributed by atoms with Crippen LogP contribution in [0.1, 0.15) is 24.8 Å². The molecule has 4 N–H and O–H groups in total. The van der Waals surface area contributed by atoms with Gasteiger partial charge in [0.05, 0.1) is 17.6 Å². The molecule has 1 amide bonds. The zero-order chi connectivity index (χ0) is 24.1. The molecule has 1 heterocycles. The number of benzene rings is 2. The summed E-state index contributed by atoms with van der Waals surface area (Å²) >= 11 is 0. The SMILES string of the molecule is O=C(NO)C1(NS(=O)(=O)c2ccc(OCc3ccc(F)cc3F)cc2)CCC(CCO)OC1. The Hall–Kier alpha value is -2.64. The molecule has 2 aromatic carbocycles. The quantitative estimate of drug-likeness (QED) is 0.313. The predicted molar refractivity (Wildman–Crippen MR) is 111 cm³/mol. The van der Waals surface area contributed by atoms with Crippen LogP contribution in [0.4, 0.5) is 8.78 Å². The van der Waals surface area contributed by atoms with E-state index < -0.39 is 33.1 Å². The van der Waals surface area contributed by atoms with Gasteiger partial charge in [-0.2, -0.15) is 4.72 Å². The number of ether oxygens (including phenoxy) is 2. The molecule has 0 aromatic heterocycles.